The molecule has 0 amide bonds. The van der Waals surface area contributed by atoms with E-state index in [0.717, 1.165) is 49.6 Å². The van der Waals surface area contributed by atoms with Crippen LogP contribution in [0.5, 0.6) is 0 Å². The quantitative estimate of drug-likeness (QED) is 0.696. The molecule has 0 radical (unpaired) electrons. The second kappa shape index (κ2) is 9.49. The molecule has 2 saturated carbocycles. The minimum Gasteiger partial charge on any atom is -0.370 e. The molecule has 4 rings (SSSR count). The molecular formula is C19H27Cl2N5. The van der Waals surface area contributed by atoms with Crippen LogP contribution in [0.1, 0.15) is 61.2 Å². The molecule has 0 saturated heterocycles. The lowest BCUT2D eigenvalue weighted by Crippen LogP contribution is -2.35. The Hall–Kier alpha value is -1.43. The van der Waals surface area contributed by atoms with E-state index in [1.807, 2.05) is 18.3 Å². The molecule has 0 bridgehead atoms. The van der Waals surface area contributed by atoms with Crippen molar-refractivity contribution < 1.29 is 0 Å². The standard InChI is InChI=1S/C19H25N5.2ClH/c20-15-10-14(11-15)17-12-18(24-19(23-17)13-6-7-13)22-9-3-5-16-4-1-2-8-21-16;;/h1-2,4,8,12-15H,3,5-7,9-11,20H2,(H,22,23,24);2*1H. The number of nitrogens with two attached hydrogens (primary N) is 1. The number of rotatable bonds is 7. The van der Waals surface area contributed by atoms with Gasteiger partial charge < -0.3 is 11.1 Å². The van der Waals surface area contributed by atoms with Crippen LogP contribution in [-0.4, -0.2) is 27.5 Å². The van der Waals surface area contributed by atoms with Gasteiger partial charge in [0, 0.05) is 48.1 Å². The smallest absolute Gasteiger partial charge is 0.134 e. The maximum absolute atomic E-state index is 5.94. The highest BCUT2D eigenvalue weighted by Gasteiger charge is 2.32. The third-order valence-electron chi connectivity index (χ3n) is 4.94. The Balaban J connectivity index is 0.00000121. The van der Waals surface area contributed by atoms with Gasteiger partial charge in [0.05, 0.1) is 0 Å². The van der Waals surface area contributed by atoms with Crippen molar-refractivity contribution in [3.63, 3.8) is 0 Å². The molecule has 3 N–H and O–H groups in total. The predicted octanol–water partition coefficient (Wildman–Crippen LogP) is 3.84. The first-order valence-electron chi connectivity index (χ1n) is 9.06. The van der Waals surface area contributed by atoms with E-state index < -0.39 is 0 Å². The zero-order valence-electron chi connectivity index (χ0n) is 14.8. The van der Waals surface area contributed by atoms with Gasteiger partial charge in [-0.1, -0.05) is 6.07 Å². The van der Waals surface area contributed by atoms with Gasteiger partial charge in [0.2, 0.25) is 0 Å². The van der Waals surface area contributed by atoms with E-state index in [0.29, 0.717) is 17.9 Å². The van der Waals surface area contributed by atoms with E-state index in [2.05, 4.69) is 22.4 Å². The van der Waals surface area contributed by atoms with Crippen molar-refractivity contribution in [3.05, 3.63) is 47.7 Å². The first-order valence-corrected chi connectivity index (χ1v) is 9.06. The number of hydrogen-bond donors (Lipinski definition) is 2. The van der Waals surface area contributed by atoms with E-state index in [1.165, 1.54) is 18.5 Å². The summed E-state index contributed by atoms with van der Waals surface area (Å²) in [7, 11) is 0. The minimum absolute atomic E-state index is 0. The summed E-state index contributed by atoms with van der Waals surface area (Å²) in [6.07, 6.45) is 8.45. The Labute approximate surface area is 167 Å². The van der Waals surface area contributed by atoms with Crippen molar-refractivity contribution in [2.24, 2.45) is 5.73 Å². The SMILES string of the molecule is Cl.Cl.NC1CC(c2cc(NCCCc3ccccn3)nc(C3CC3)n2)C1. The van der Waals surface area contributed by atoms with Gasteiger partial charge in [-0.25, -0.2) is 9.97 Å². The zero-order chi connectivity index (χ0) is 16.4. The summed E-state index contributed by atoms with van der Waals surface area (Å²) in [5.74, 6) is 3.10. The highest BCUT2D eigenvalue weighted by Crippen LogP contribution is 2.41. The molecule has 2 heterocycles. The van der Waals surface area contributed by atoms with Crippen LogP contribution in [-0.2, 0) is 6.42 Å². The van der Waals surface area contributed by atoms with Crippen molar-refractivity contribution in [2.45, 2.75) is 56.4 Å². The number of anilines is 1. The van der Waals surface area contributed by atoms with Gasteiger partial charge in [0.15, 0.2) is 0 Å². The van der Waals surface area contributed by atoms with Gasteiger partial charge in [0.25, 0.3) is 0 Å². The second-order valence-electron chi connectivity index (χ2n) is 7.09. The van der Waals surface area contributed by atoms with E-state index in [-0.39, 0.29) is 24.8 Å². The lowest BCUT2D eigenvalue weighted by molar-refractivity contribution is 0.344. The van der Waals surface area contributed by atoms with Crippen LogP contribution in [0.3, 0.4) is 0 Å². The normalized spacial score (nSPS) is 21.1. The number of nitrogens with zero attached hydrogens (tertiary/aromatic N) is 3. The van der Waals surface area contributed by atoms with Gasteiger partial charge >= 0.3 is 0 Å². The number of hydrogen-bond acceptors (Lipinski definition) is 5. The maximum atomic E-state index is 5.94. The Bertz CT molecular complexity index is 688. The molecular weight excluding hydrogens is 369 g/mol. The van der Waals surface area contributed by atoms with Crippen molar-refractivity contribution >= 4 is 30.6 Å². The van der Waals surface area contributed by atoms with Crippen molar-refractivity contribution in [1.82, 2.24) is 15.0 Å². The largest absolute Gasteiger partial charge is 0.370 e. The van der Waals surface area contributed by atoms with E-state index in [1.54, 1.807) is 0 Å². The molecule has 2 aromatic heterocycles. The molecule has 0 unspecified atom stereocenters. The Morgan fingerprint density at radius 3 is 2.54 bits per heavy atom. The number of aryl methyl sites for hydroxylation is 1. The Kier molecular flexibility index (Phi) is 7.62. The maximum Gasteiger partial charge on any atom is 0.134 e. The summed E-state index contributed by atoms with van der Waals surface area (Å²) in [6.45, 7) is 0.904. The second-order valence-corrected chi connectivity index (χ2v) is 7.09. The molecule has 0 aliphatic heterocycles. The summed E-state index contributed by atoms with van der Waals surface area (Å²) < 4.78 is 0. The first kappa shape index (κ1) is 20.9. The first-order chi connectivity index (χ1) is 11.8. The minimum atomic E-state index is 0. The molecule has 0 spiro atoms. The van der Waals surface area contributed by atoms with E-state index in [4.69, 9.17) is 15.7 Å². The van der Waals surface area contributed by atoms with Crippen LogP contribution in [0.15, 0.2) is 30.5 Å². The van der Waals surface area contributed by atoms with Crippen LogP contribution in [0.2, 0.25) is 0 Å². The Morgan fingerprint density at radius 1 is 1.08 bits per heavy atom. The number of pyridine rings is 1. The molecule has 2 aliphatic carbocycles. The highest BCUT2D eigenvalue weighted by molar-refractivity contribution is 5.85. The van der Waals surface area contributed by atoms with Crippen LogP contribution in [0.25, 0.3) is 0 Å². The van der Waals surface area contributed by atoms with Crippen molar-refractivity contribution in [2.75, 3.05) is 11.9 Å². The van der Waals surface area contributed by atoms with Crippen LogP contribution in [0.4, 0.5) is 5.82 Å². The lowest BCUT2D eigenvalue weighted by Gasteiger charge is -2.32. The predicted molar refractivity (Wildman–Crippen MR) is 110 cm³/mol. The fourth-order valence-corrected chi connectivity index (χ4v) is 3.24. The highest BCUT2D eigenvalue weighted by atomic mass is 35.5. The van der Waals surface area contributed by atoms with Gasteiger partial charge in [-0.2, -0.15) is 0 Å². The van der Waals surface area contributed by atoms with Gasteiger partial charge in [-0.3, -0.25) is 4.98 Å². The molecule has 0 aromatic carbocycles. The van der Waals surface area contributed by atoms with Crippen molar-refractivity contribution in [3.8, 4) is 0 Å². The molecule has 142 valence electrons. The Morgan fingerprint density at radius 2 is 1.88 bits per heavy atom. The topological polar surface area (TPSA) is 76.7 Å². The lowest BCUT2D eigenvalue weighted by atomic mass is 9.78. The van der Waals surface area contributed by atoms with Gasteiger partial charge in [-0.15, -0.1) is 24.8 Å². The number of nitrogens with one attached hydrogen (secondary N) is 1. The molecule has 2 fully saturated rings. The summed E-state index contributed by atoms with van der Waals surface area (Å²) in [4.78, 5) is 13.9. The van der Waals surface area contributed by atoms with Crippen LogP contribution < -0.4 is 11.1 Å². The fourth-order valence-electron chi connectivity index (χ4n) is 3.24. The molecule has 26 heavy (non-hydrogen) atoms. The van der Waals surface area contributed by atoms with E-state index in [9.17, 15) is 0 Å². The average molecular weight is 396 g/mol. The fraction of sp³-hybridized carbons (Fsp3) is 0.526. The molecule has 2 aliphatic rings. The van der Waals surface area contributed by atoms with Crippen molar-refractivity contribution in [1.29, 1.82) is 0 Å². The summed E-state index contributed by atoms with van der Waals surface area (Å²) in [5, 5.41) is 3.48. The summed E-state index contributed by atoms with van der Waals surface area (Å²) in [6, 6.07) is 8.55. The molecule has 7 heteroatoms. The van der Waals surface area contributed by atoms with Gasteiger partial charge in [0.1, 0.15) is 11.6 Å². The van der Waals surface area contributed by atoms with Gasteiger partial charge in [-0.05, 0) is 50.7 Å². The van der Waals surface area contributed by atoms with Crippen LogP contribution in [0, 0.1) is 0 Å². The zero-order valence-corrected chi connectivity index (χ0v) is 16.4. The molecule has 5 nitrogen and oxygen atoms in total. The molecule has 0 atom stereocenters. The third kappa shape index (κ3) is 5.29. The number of aromatic nitrogens is 3. The van der Waals surface area contributed by atoms with E-state index >= 15 is 0 Å². The average Bonchev–Trinajstić information content (AvgIpc) is 3.42. The summed E-state index contributed by atoms with van der Waals surface area (Å²) >= 11 is 0. The number of halogens is 2. The third-order valence-corrected chi connectivity index (χ3v) is 4.94. The van der Waals surface area contributed by atoms with Crippen LogP contribution >= 0.6 is 24.8 Å². The monoisotopic (exact) mass is 395 g/mol. The molecule has 2 aromatic rings. The summed E-state index contributed by atoms with van der Waals surface area (Å²) in [5.41, 5.74) is 8.27.